The third-order valence-electron chi connectivity index (χ3n) is 5.93. The predicted octanol–water partition coefficient (Wildman–Crippen LogP) is 3.22. The quantitative estimate of drug-likeness (QED) is 0.296. The first-order valence-electron chi connectivity index (χ1n) is 13.0. The van der Waals surface area contributed by atoms with Crippen molar-refractivity contribution in [2.75, 3.05) is 10.6 Å². The Balaban J connectivity index is 2.66. The van der Waals surface area contributed by atoms with Crippen LogP contribution in [0, 0.1) is 27.7 Å². The summed E-state index contributed by atoms with van der Waals surface area (Å²) in [5.74, 6) is -5.74. The number of carbonyl (C=O) groups excluding carboxylic acids is 6. The van der Waals surface area contributed by atoms with Gasteiger partial charge in [-0.15, -0.1) is 0 Å². The zero-order valence-corrected chi connectivity index (χ0v) is 24.9. The Bertz CT molecular complexity index is 1270. The van der Waals surface area contributed by atoms with Gasteiger partial charge in [-0.25, -0.2) is 0 Å². The molecule has 2 aromatic carbocycles. The fourth-order valence-corrected chi connectivity index (χ4v) is 4.03. The van der Waals surface area contributed by atoms with Gasteiger partial charge in [0.2, 0.25) is 12.2 Å². The highest BCUT2D eigenvalue weighted by molar-refractivity contribution is 5.98. The standard InChI is InChI=1S/C30H36N2O10/c1-15-9-11-17(3)23(13-15)31-29(37)27(41-21(7)35)25(39-19(5)33)26(40-20(6)34)28(42-22(8)36)30(38)32-24-14-16(2)10-12-18(24)4/h9-14,25-28H,1-8H3,(H,31,37)(H,32,38). The van der Waals surface area contributed by atoms with Crippen LogP contribution >= 0.6 is 0 Å². The van der Waals surface area contributed by atoms with E-state index in [0.717, 1.165) is 38.8 Å². The highest BCUT2D eigenvalue weighted by Crippen LogP contribution is 2.24. The summed E-state index contributed by atoms with van der Waals surface area (Å²) >= 11 is 0. The molecule has 4 unspecified atom stereocenters. The Kier molecular flexibility index (Phi) is 11.8. The van der Waals surface area contributed by atoms with Gasteiger partial charge in [-0.1, -0.05) is 24.3 Å². The number of esters is 4. The SMILES string of the molecule is CC(=O)OC(C(=O)Nc1cc(C)ccc1C)C(OC(C)=O)C(OC(C)=O)C(OC(C)=O)C(=O)Nc1cc(C)ccc1C. The molecule has 0 heterocycles. The van der Waals surface area contributed by atoms with Gasteiger partial charge in [0.25, 0.3) is 11.8 Å². The van der Waals surface area contributed by atoms with Crippen LogP contribution in [0.2, 0.25) is 0 Å². The van der Waals surface area contributed by atoms with Gasteiger partial charge >= 0.3 is 23.9 Å². The zero-order valence-electron chi connectivity index (χ0n) is 24.9. The minimum absolute atomic E-state index is 0.368. The summed E-state index contributed by atoms with van der Waals surface area (Å²) in [6, 6.07) is 10.5. The van der Waals surface area contributed by atoms with Crippen molar-refractivity contribution in [2.24, 2.45) is 0 Å². The van der Waals surface area contributed by atoms with Crippen LogP contribution in [0.4, 0.5) is 11.4 Å². The first kappa shape index (κ1) is 33.5. The van der Waals surface area contributed by atoms with Crippen LogP contribution in [0.5, 0.6) is 0 Å². The van der Waals surface area contributed by atoms with Crippen molar-refractivity contribution in [3.05, 3.63) is 58.7 Å². The second kappa shape index (κ2) is 14.8. The maximum atomic E-state index is 13.6. The van der Waals surface area contributed by atoms with E-state index in [1.165, 1.54) is 0 Å². The van der Waals surface area contributed by atoms with E-state index < -0.39 is 60.1 Å². The van der Waals surface area contributed by atoms with E-state index >= 15 is 0 Å². The summed E-state index contributed by atoms with van der Waals surface area (Å²) < 4.78 is 21.3. The number of hydrogen-bond acceptors (Lipinski definition) is 10. The maximum Gasteiger partial charge on any atom is 0.303 e. The number of benzene rings is 2. The van der Waals surface area contributed by atoms with E-state index in [-0.39, 0.29) is 0 Å². The summed E-state index contributed by atoms with van der Waals surface area (Å²) in [5, 5.41) is 5.25. The van der Waals surface area contributed by atoms with Gasteiger partial charge in [0.05, 0.1) is 0 Å². The maximum absolute atomic E-state index is 13.6. The predicted molar refractivity (Wildman–Crippen MR) is 151 cm³/mol. The van der Waals surface area contributed by atoms with Crippen molar-refractivity contribution in [2.45, 2.75) is 79.8 Å². The molecule has 2 amide bonds. The molecule has 12 nitrogen and oxygen atoms in total. The van der Waals surface area contributed by atoms with E-state index in [0.29, 0.717) is 22.5 Å². The molecule has 0 saturated heterocycles. The summed E-state index contributed by atoms with van der Waals surface area (Å²) in [7, 11) is 0. The minimum Gasteiger partial charge on any atom is -0.454 e. The van der Waals surface area contributed by atoms with Crippen LogP contribution in [0.25, 0.3) is 0 Å². The summed E-state index contributed by atoms with van der Waals surface area (Å²) in [6.07, 6.45) is -7.73. The van der Waals surface area contributed by atoms with E-state index in [1.807, 2.05) is 12.1 Å². The van der Waals surface area contributed by atoms with Gasteiger partial charge in [0, 0.05) is 39.1 Å². The lowest BCUT2D eigenvalue weighted by molar-refractivity contribution is -0.198. The van der Waals surface area contributed by atoms with Crippen LogP contribution in [0.1, 0.15) is 49.9 Å². The Morgan fingerprint density at radius 3 is 1.12 bits per heavy atom. The molecule has 226 valence electrons. The molecule has 0 aliphatic rings. The van der Waals surface area contributed by atoms with E-state index in [1.54, 1.807) is 52.0 Å². The van der Waals surface area contributed by atoms with E-state index in [2.05, 4.69) is 10.6 Å². The molecule has 0 fully saturated rings. The molecule has 2 N–H and O–H groups in total. The van der Waals surface area contributed by atoms with E-state index in [4.69, 9.17) is 18.9 Å². The van der Waals surface area contributed by atoms with Gasteiger partial charge in [0.15, 0.2) is 12.2 Å². The van der Waals surface area contributed by atoms with Crippen molar-refractivity contribution >= 4 is 47.1 Å². The van der Waals surface area contributed by atoms with Gasteiger partial charge < -0.3 is 29.6 Å². The molecular weight excluding hydrogens is 548 g/mol. The lowest BCUT2D eigenvalue weighted by Gasteiger charge is -2.34. The fraction of sp³-hybridized carbons (Fsp3) is 0.400. The first-order chi connectivity index (χ1) is 19.6. The Morgan fingerprint density at radius 1 is 0.524 bits per heavy atom. The van der Waals surface area contributed by atoms with Gasteiger partial charge in [-0.3, -0.25) is 28.8 Å². The van der Waals surface area contributed by atoms with Crippen molar-refractivity contribution in [3.8, 4) is 0 Å². The van der Waals surface area contributed by atoms with Gasteiger partial charge in [0.1, 0.15) is 0 Å². The smallest absolute Gasteiger partial charge is 0.303 e. The van der Waals surface area contributed by atoms with Gasteiger partial charge in [-0.05, 0) is 62.1 Å². The fourth-order valence-electron chi connectivity index (χ4n) is 4.03. The molecule has 2 aromatic rings. The Labute approximate surface area is 244 Å². The van der Waals surface area contributed by atoms with Crippen LogP contribution in [0.15, 0.2) is 36.4 Å². The molecule has 4 atom stereocenters. The molecule has 0 aliphatic carbocycles. The lowest BCUT2D eigenvalue weighted by atomic mass is 9.99. The molecule has 42 heavy (non-hydrogen) atoms. The number of amides is 2. The molecule has 0 spiro atoms. The number of aryl methyl sites for hydroxylation is 4. The Morgan fingerprint density at radius 2 is 0.833 bits per heavy atom. The van der Waals surface area contributed by atoms with Crippen molar-refractivity contribution in [1.82, 2.24) is 0 Å². The summed E-state index contributed by atoms with van der Waals surface area (Å²) in [4.78, 5) is 76.0. The highest BCUT2D eigenvalue weighted by Gasteiger charge is 2.49. The highest BCUT2D eigenvalue weighted by atomic mass is 16.6. The average Bonchev–Trinajstić information content (AvgIpc) is 2.87. The average molecular weight is 585 g/mol. The van der Waals surface area contributed by atoms with Crippen LogP contribution in [-0.2, 0) is 47.7 Å². The van der Waals surface area contributed by atoms with Gasteiger partial charge in [-0.2, -0.15) is 0 Å². The van der Waals surface area contributed by atoms with Crippen molar-refractivity contribution in [1.29, 1.82) is 0 Å². The zero-order chi connectivity index (χ0) is 31.7. The third kappa shape index (κ3) is 9.72. The molecule has 0 saturated carbocycles. The van der Waals surface area contributed by atoms with Crippen molar-refractivity contribution in [3.63, 3.8) is 0 Å². The first-order valence-corrected chi connectivity index (χ1v) is 13.0. The van der Waals surface area contributed by atoms with Crippen LogP contribution < -0.4 is 10.6 Å². The molecule has 12 heteroatoms. The number of nitrogens with one attached hydrogen (secondary N) is 2. The second-order valence-corrected chi connectivity index (χ2v) is 9.82. The number of hydrogen-bond donors (Lipinski definition) is 2. The number of carbonyl (C=O) groups is 6. The van der Waals surface area contributed by atoms with Crippen LogP contribution in [-0.4, -0.2) is 60.1 Å². The second-order valence-electron chi connectivity index (χ2n) is 9.82. The van der Waals surface area contributed by atoms with Crippen LogP contribution in [0.3, 0.4) is 0 Å². The Hall–Kier alpha value is -4.74. The molecular formula is C30H36N2O10. The number of anilines is 2. The molecule has 0 aromatic heterocycles. The monoisotopic (exact) mass is 584 g/mol. The topological polar surface area (TPSA) is 163 Å². The molecule has 0 aliphatic heterocycles. The van der Waals surface area contributed by atoms with Crippen molar-refractivity contribution < 1.29 is 47.7 Å². The molecule has 2 rings (SSSR count). The molecule has 0 radical (unpaired) electrons. The third-order valence-corrected chi connectivity index (χ3v) is 5.93. The summed E-state index contributed by atoms with van der Waals surface area (Å²) in [6.45, 7) is 11.1. The normalized spacial score (nSPS) is 13.4. The lowest BCUT2D eigenvalue weighted by Crippen LogP contribution is -2.57. The molecule has 0 bridgehead atoms. The number of ether oxygens (including phenoxy) is 4. The summed E-state index contributed by atoms with van der Waals surface area (Å²) in [5.41, 5.74) is 3.70. The largest absolute Gasteiger partial charge is 0.454 e. The van der Waals surface area contributed by atoms with E-state index in [9.17, 15) is 28.8 Å². The minimum atomic E-state index is -1.94. The number of rotatable bonds is 11.